The summed E-state index contributed by atoms with van der Waals surface area (Å²) in [6, 6.07) is 6.73. The molecule has 152 valence electrons. The van der Waals surface area contributed by atoms with Crippen LogP contribution < -0.4 is 5.32 Å². The van der Waals surface area contributed by atoms with Gasteiger partial charge in [0.25, 0.3) is 0 Å². The summed E-state index contributed by atoms with van der Waals surface area (Å²) >= 11 is 0. The van der Waals surface area contributed by atoms with Crippen LogP contribution in [-0.2, 0) is 24.8 Å². The van der Waals surface area contributed by atoms with Crippen LogP contribution in [0.5, 0.6) is 0 Å². The van der Waals surface area contributed by atoms with Crippen LogP contribution in [0.3, 0.4) is 0 Å². The molecule has 1 unspecified atom stereocenters. The molecule has 2 aliphatic heterocycles. The second kappa shape index (κ2) is 7.31. The lowest BCUT2D eigenvalue weighted by atomic mass is 10.0. The molecule has 0 radical (unpaired) electrons. The number of rotatable bonds is 4. The second-order valence-corrected chi connectivity index (χ2v) is 8.23. The normalized spacial score (nSPS) is 19.5. The molecule has 1 atom stereocenters. The number of fused-ring (bicyclic) bond motifs is 1. The van der Waals surface area contributed by atoms with E-state index in [0.717, 1.165) is 56.2 Å². The first-order valence-corrected chi connectivity index (χ1v) is 10.3. The summed E-state index contributed by atoms with van der Waals surface area (Å²) in [5.41, 5.74) is 7.30. The van der Waals surface area contributed by atoms with Gasteiger partial charge in [-0.25, -0.2) is 0 Å². The maximum atomic E-state index is 5.64. The topological polar surface area (TPSA) is 60.1 Å². The van der Waals surface area contributed by atoms with E-state index in [9.17, 15) is 0 Å². The number of aryl methyl sites for hydroxylation is 1. The van der Waals surface area contributed by atoms with Gasteiger partial charge in [0.1, 0.15) is 0 Å². The maximum Gasteiger partial charge on any atom is 0.157 e. The third-order valence-electron chi connectivity index (χ3n) is 6.13. The van der Waals surface area contributed by atoms with Crippen LogP contribution in [0.15, 0.2) is 30.6 Å². The van der Waals surface area contributed by atoms with Crippen molar-refractivity contribution in [2.45, 2.75) is 32.4 Å². The SMILES string of the molecule is Cc1c(Nc2nn(C3CCOC3)c3c2CN(C)CC3)cccc1-c1cnn(C)c1. The Labute approximate surface area is 171 Å². The molecule has 1 saturated heterocycles. The predicted octanol–water partition coefficient (Wildman–Crippen LogP) is 3.28. The van der Waals surface area contributed by atoms with Crippen molar-refractivity contribution in [3.05, 3.63) is 47.4 Å². The highest BCUT2D eigenvalue weighted by Gasteiger charge is 2.29. The van der Waals surface area contributed by atoms with Gasteiger partial charge in [-0.3, -0.25) is 9.36 Å². The maximum absolute atomic E-state index is 5.64. The summed E-state index contributed by atoms with van der Waals surface area (Å²) in [5, 5.41) is 13.0. The van der Waals surface area contributed by atoms with E-state index in [0.29, 0.717) is 6.04 Å². The number of anilines is 2. The van der Waals surface area contributed by atoms with Crippen LogP contribution >= 0.6 is 0 Å². The second-order valence-electron chi connectivity index (χ2n) is 8.23. The van der Waals surface area contributed by atoms with E-state index in [4.69, 9.17) is 9.84 Å². The Morgan fingerprint density at radius 1 is 1.24 bits per heavy atom. The van der Waals surface area contributed by atoms with Gasteiger partial charge < -0.3 is 15.0 Å². The van der Waals surface area contributed by atoms with E-state index in [-0.39, 0.29) is 0 Å². The van der Waals surface area contributed by atoms with Crippen LogP contribution in [0.4, 0.5) is 11.5 Å². The Hall–Kier alpha value is -2.64. The van der Waals surface area contributed by atoms with Crippen molar-refractivity contribution in [1.29, 1.82) is 0 Å². The molecule has 2 aliphatic rings. The summed E-state index contributed by atoms with van der Waals surface area (Å²) in [5.74, 6) is 0.977. The molecule has 7 nitrogen and oxygen atoms in total. The molecule has 1 fully saturated rings. The molecule has 0 amide bonds. The fraction of sp³-hybridized carbons (Fsp3) is 0.455. The van der Waals surface area contributed by atoms with Crippen molar-refractivity contribution in [3.8, 4) is 11.1 Å². The Morgan fingerprint density at radius 2 is 2.14 bits per heavy atom. The summed E-state index contributed by atoms with van der Waals surface area (Å²) in [7, 11) is 4.13. The first kappa shape index (κ1) is 18.4. The Kier molecular flexibility index (Phi) is 4.64. The van der Waals surface area contributed by atoms with Gasteiger partial charge in [0.2, 0.25) is 0 Å². The van der Waals surface area contributed by atoms with E-state index in [1.54, 1.807) is 0 Å². The third kappa shape index (κ3) is 3.34. The Morgan fingerprint density at radius 3 is 2.90 bits per heavy atom. The number of benzene rings is 1. The highest BCUT2D eigenvalue weighted by molar-refractivity contribution is 5.75. The Balaban J connectivity index is 1.52. The van der Waals surface area contributed by atoms with Crippen molar-refractivity contribution in [1.82, 2.24) is 24.5 Å². The Bertz CT molecular complexity index is 1030. The molecule has 29 heavy (non-hydrogen) atoms. The number of nitrogens with zero attached hydrogens (tertiary/aromatic N) is 5. The summed E-state index contributed by atoms with van der Waals surface area (Å²) in [4.78, 5) is 2.36. The summed E-state index contributed by atoms with van der Waals surface area (Å²) in [6.07, 6.45) is 6.04. The fourth-order valence-electron chi connectivity index (χ4n) is 4.47. The number of hydrogen-bond donors (Lipinski definition) is 1. The van der Waals surface area contributed by atoms with Gasteiger partial charge in [-0.1, -0.05) is 12.1 Å². The van der Waals surface area contributed by atoms with Gasteiger partial charge in [-0.05, 0) is 37.6 Å². The minimum Gasteiger partial charge on any atom is -0.379 e. The monoisotopic (exact) mass is 392 g/mol. The van der Waals surface area contributed by atoms with E-state index in [2.05, 4.69) is 58.4 Å². The van der Waals surface area contributed by atoms with Gasteiger partial charge >= 0.3 is 0 Å². The lowest BCUT2D eigenvalue weighted by molar-refractivity contribution is 0.183. The summed E-state index contributed by atoms with van der Waals surface area (Å²) < 4.78 is 9.71. The van der Waals surface area contributed by atoms with E-state index < -0.39 is 0 Å². The average Bonchev–Trinajstić information content (AvgIpc) is 3.44. The van der Waals surface area contributed by atoms with Crippen molar-refractivity contribution >= 4 is 11.5 Å². The molecule has 1 aromatic carbocycles. The summed E-state index contributed by atoms with van der Waals surface area (Å²) in [6.45, 7) is 5.74. The van der Waals surface area contributed by atoms with Crippen molar-refractivity contribution < 1.29 is 4.74 Å². The molecule has 5 rings (SSSR count). The molecule has 1 N–H and O–H groups in total. The van der Waals surface area contributed by atoms with Gasteiger partial charge in [0.05, 0.1) is 18.8 Å². The molecule has 2 aromatic heterocycles. The smallest absolute Gasteiger partial charge is 0.157 e. The molecular weight excluding hydrogens is 364 g/mol. The van der Waals surface area contributed by atoms with Crippen molar-refractivity contribution in [2.24, 2.45) is 7.05 Å². The number of hydrogen-bond acceptors (Lipinski definition) is 5. The van der Waals surface area contributed by atoms with Crippen LogP contribution in [0, 0.1) is 6.92 Å². The number of likely N-dealkylation sites (N-methyl/N-ethyl adjacent to an activating group) is 1. The zero-order valence-corrected chi connectivity index (χ0v) is 17.4. The highest BCUT2D eigenvalue weighted by Crippen LogP contribution is 2.34. The molecule has 7 heteroatoms. The van der Waals surface area contributed by atoms with E-state index in [1.807, 2.05) is 17.9 Å². The molecule has 0 aliphatic carbocycles. The largest absolute Gasteiger partial charge is 0.379 e. The van der Waals surface area contributed by atoms with Crippen molar-refractivity contribution in [3.63, 3.8) is 0 Å². The molecule has 3 aromatic rings. The lowest BCUT2D eigenvalue weighted by Gasteiger charge is -2.24. The molecular formula is C22H28N6O. The van der Waals surface area contributed by atoms with Crippen LogP contribution in [0.25, 0.3) is 11.1 Å². The molecule has 0 bridgehead atoms. The van der Waals surface area contributed by atoms with Crippen LogP contribution in [-0.4, -0.2) is 51.3 Å². The first-order valence-electron chi connectivity index (χ1n) is 10.3. The number of ether oxygens (including phenoxy) is 1. The van der Waals surface area contributed by atoms with E-state index >= 15 is 0 Å². The van der Waals surface area contributed by atoms with Gasteiger partial charge in [0, 0.05) is 61.9 Å². The van der Waals surface area contributed by atoms with Gasteiger partial charge in [-0.15, -0.1) is 0 Å². The van der Waals surface area contributed by atoms with Crippen LogP contribution in [0.2, 0.25) is 0 Å². The number of nitrogens with one attached hydrogen (secondary N) is 1. The van der Waals surface area contributed by atoms with Crippen LogP contribution in [0.1, 0.15) is 29.3 Å². The third-order valence-corrected chi connectivity index (χ3v) is 6.13. The molecule has 0 saturated carbocycles. The zero-order valence-electron chi connectivity index (χ0n) is 17.4. The van der Waals surface area contributed by atoms with Crippen molar-refractivity contribution in [2.75, 3.05) is 32.1 Å². The zero-order chi connectivity index (χ0) is 20.0. The van der Waals surface area contributed by atoms with Gasteiger partial charge in [0.15, 0.2) is 5.82 Å². The fourth-order valence-corrected chi connectivity index (χ4v) is 4.47. The molecule has 4 heterocycles. The predicted molar refractivity (Wildman–Crippen MR) is 113 cm³/mol. The highest BCUT2D eigenvalue weighted by atomic mass is 16.5. The minimum atomic E-state index is 0.352. The quantitative estimate of drug-likeness (QED) is 0.738. The standard InChI is InChI=1S/C22H28N6O/c1-15-18(16-11-23-27(3)12-16)5-4-6-20(15)24-22-19-13-26(2)9-7-21(19)28(25-22)17-8-10-29-14-17/h4-6,11-12,17H,7-10,13-14H2,1-3H3,(H,24,25). The molecule has 0 spiro atoms. The van der Waals surface area contributed by atoms with Gasteiger partial charge in [-0.2, -0.15) is 10.2 Å². The average molecular weight is 393 g/mol. The van der Waals surface area contributed by atoms with E-state index in [1.165, 1.54) is 22.4 Å². The first-order chi connectivity index (χ1) is 14.1. The number of aromatic nitrogens is 4. The minimum absolute atomic E-state index is 0.352. The lowest BCUT2D eigenvalue weighted by Crippen LogP contribution is -2.28.